The fourth-order valence-electron chi connectivity index (χ4n) is 3.67. The Balaban J connectivity index is 1.72. The number of hydrogen-bond acceptors (Lipinski definition) is 8. The molecule has 2 saturated heterocycles. The first kappa shape index (κ1) is 16.4. The van der Waals surface area contributed by atoms with E-state index in [2.05, 4.69) is 15.3 Å². The Morgan fingerprint density at radius 2 is 1.92 bits per heavy atom. The van der Waals surface area contributed by atoms with Crippen LogP contribution in [0.5, 0.6) is 11.5 Å². The van der Waals surface area contributed by atoms with E-state index in [9.17, 15) is 9.59 Å². The summed E-state index contributed by atoms with van der Waals surface area (Å²) in [5.41, 5.74) is 6.06. The molecule has 1 spiro atoms. The van der Waals surface area contributed by atoms with Gasteiger partial charge in [0.25, 0.3) is 0 Å². The highest BCUT2D eigenvalue weighted by atomic mass is 16.5. The topological polar surface area (TPSA) is 120 Å². The predicted molar refractivity (Wildman–Crippen MR) is 94.1 cm³/mol. The quantitative estimate of drug-likeness (QED) is 0.761. The van der Waals surface area contributed by atoms with Crippen molar-refractivity contribution in [2.45, 2.75) is 12.8 Å². The Kier molecular flexibility index (Phi) is 3.60. The molecule has 4 rings (SSSR count). The highest BCUT2D eigenvalue weighted by Crippen LogP contribution is 2.40. The Bertz CT molecular complexity index is 931. The summed E-state index contributed by atoms with van der Waals surface area (Å²) in [6, 6.07) is 3.48. The first-order chi connectivity index (χ1) is 12.5. The monoisotopic (exact) mass is 357 g/mol. The second-order valence-corrected chi connectivity index (χ2v) is 6.64. The molecule has 2 aliphatic heterocycles. The van der Waals surface area contributed by atoms with Crippen LogP contribution in [0.4, 0.5) is 11.8 Å². The van der Waals surface area contributed by atoms with E-state index < -0.39 is 5.41 Å². The molecule has 0 radical (unpaired) electrons. The molecular formula is C17H19N5O4. The second kappa shape index (κ2) is 5.72. The van der Waals surface area contributed by atoms with Crippen LogP contribution in [0.15, 0.2) is 12.1 Å². The SMILES string of the molecule is COc1cc2nc(N3CC[C@]4(CC(=O)NC4=O)C3)nc(N)c2cc1OC. The number of carbonyl (C=O) groups excluding carboxylic acids is 2. The van der Waals surface area contributed by atoms with Crippen LogP contribution in [-0.4, -0.2) is 49.1 Å². The number of methoxy groups -OCH3 is 2. The molecule has 1 aromatic carbocycles. The molecule has 3 heterocycles. The lowest BCUT2D eigenvalue weighted by molar-refractivity contribution is -0.127. The number of amides is 2. The van der Waals surface area contributed by atoms with Gasteiger partial charge in [0.15, 0.2) is 11.5 Å². The van der Waals surface area contributed by atoms with Crippen molar-refractivity contribution in [3.63, 3.8) is 0 Å². The molecule has 2 aromatic rings. The number of hydrogen-bond donors (Lipinski definition) is 2. The number of nitrogen functional groups attached to an aromatic ring is 1. The minimum Gasteiger partial charge on any atom is -0.493 e. The number of nitrogens with one attached hydrogen (secondary N) is 1. The van der Waals surface area contributed by atoms with Gasteiger partial charge in [-0.05, 0) is 12.5 Å². The lowest BCUT2D eigenvalue weighted by atomic mass is 9.85. The zero-order chi connectivity index (χ0) is 18.5. The summed E-state index contributed by atoms with van der Waals surface area (Å²) < 4.78 is 10.6. The van der Waals surface area contributed by atoms with Gasteiger partial charge in [-0.15, -0.1) is 0 Å². The van der Waals surface area contributed by atoms with Gasteiger partial charge >= 0.3 is 0 Å². The van der Waals surface area contributed by atoms with Crippen molar-refractivity contribution in [2.75, 3.05) is 37.9 Å². The minimum atomic E-state index is -0.693. The molecule has 1 atom stereocenters. The summed E-state index contributed by atoms with van der Waals surface area (Å²) in [5, 5.41) is 3.05. The second-order valence-electron chi connectivity index (χ2n) is 6.64. The molecule has 136 valence electrons. The van der Waals surface area contributed by atoms with Gasteiger partial charge in [0.1, 0.15) is 5.82 Å². The van der Waals surface area contributed by atoms with E-state index in [4.69, 9.17) is 15.2 Å². The van der Waals surface area contributed by atoms with Crippen molar-refractivity contribution in [3.8, 4) is 11.5 Å². The number of fused-ring (bicyclic) bond motifs is 1. The summed E-state index contributed by atoms with van der Waals surface area (Å²) in [6.45, 7) is 0.974. The van der Waals surface area contributed by atoms with Crippen molar-refractivity contribution in [1.82, 2.24) is 15.3 Å². The van der Waals surface area contributed by atoms with Crippen molar-refractivity contribution < 1.29 is 19.1 Å². The number of carbonyl (C=O) groups is 2. The molecule has 2 amide bonds. The van der Waals surface area contributed by atoms with E-state index in [1.165, 1.54) is 0 Å². The molecule has 3 N–H and O–H groups in total. The molecule has 0 aliphatic carbocycles. The maximum atomic E-state index is 12.2. The molecule has 9 heteroatoms. The standard InChI is InChI=1S/C17H19N5O4/c1-25-11-5-9-10(6-12(11)26-2)19-16(21-14(9)18)22-4-3-17(8-22)7-13(23)20-15(17)24/h5-6H,3-4,7-8H2,1-2H3,(H2,18,19,21)(H,20,23,24)/t17-/m0/s1. The summed E-state index contributed by atoms with van der Waals surface area (Å²) >= 11 is 0. The van der Waals surface area contributed by atoms with Gasteiger partial charge in [-0.25, -0.2) is 4.98 Å². The van der Waals surface area contributed by atoms with Crippen LogP contribution in [0.2, 0.25) is 0 Å². The highest BCUT2D eigenvalue weighted by molar-refractivity contribution is 6.06. The lowest BCUT2D eigenvalue weighted by Gasteiger charge is -2.21. The van der Waals surface area contributed by atoms with Crippen LogP contribution >= 0.6 is 0 Å². The van der Waals surface area contributed by atoms with Gasteiger partial charge in [0, 0.05) is 31.0 Å². The summed E-state index contributed by atoms with van der Waals surface area (Å²) in [7, 11) is 3.10. The van der Waals surface area contributed by atoms with Crippen LogP contribution in [0.25, 0.3) is 10.9 Å². The molecular weight excluding hydrogens is 338 g/mol. The molecule has 2 fully saturated rings. The number of nitrogens with zero attached hydrogens (tertiary/aromatic N) is 3. The third-order valence-corrected chi connectivity index (χ3v) is 5.09. The molecule has 0 bridgehead atoms. The van der Waals surface area contributed by atoms with Crippen LogP contribution in [0, 0.1) is 5.41 Å². The molecule has 2 aliphatic rings. The fourth-order valence-corrected chi connectivity index (χ4v) is 3.67. The van der Waals surface area contributed by atoms with Crippen LogP contribution in [0.3, 0.4) is 0 Å². The Morgan fingerprint density at radius 3 is 2.58 bits per heavy atom. The zero-order valence-corrected chi connectivity index (χ0v) is 14.5. The minimum absolute atomic E-state index is 0.205. The van der Waals surface area contributed by atoms with Crippen molar-refractivity contribution in [1.29, 1.82) is 0 Å². The van der Waals surface area contributed by atoms with E-state index in [0.29, 0.717) is 53.7 Å². The van der Waals surface area contributed by atoms with E-state index >= 15 is 0 Å². The number of anilines is 2. The first-order valence-electron chi connectivity index (χ1n) is 8.24. The van der Waals surface area contributed by atoms with Crippen molar-refractivity contribution >= 4 is 34.5 Å². The number of nitrogens with two attached hydrogens (primary N) is 1. The van der Waals surface area contributed by atoms with E-state index in [-0.39, 0.29) is 18.2 Å². The number of rotatable bonds is 3. The summed E-state index contributed by atoms with van der Waals surface area (Å²) in [5.74, 6) is 1.40. The number of ether oxygens (including phenoxy) is 2. The van der Waals surface area contributed by atoms with Gasteiger partial charge in [0.05, 0.1) is 25.2 Å². The summed E-state index contributed by atoms with van der Waals surface area (Å²) in [4.78, 5) is 34.6. The lowest BCUT2D eigenvalue weighted by Crippen LogP contribution is -2.35. The van der Waals surface area contributed by atoms with Crippen LogP contribution in [-0.2, 0) is 9.59 Å². The largest absolute Gasteiger partial charge is 0.493 e. The maximum absolute atomic E-state index is 12.2. The average Bonchev–Trinajstić information content (AvgIpc) is 3.17. The first-order valence-corrected chi connectivity index (χ1v) is 8.24. The van der Waals surface area contributed by atoms with Gasteiger partial charge in [-0.3, -0.25) is 14.9 Å². The molecule has 0 unspecified atom stereocenters. The van der Waals surface area contributed by atoms with Crippen molar-refractivity contribution in [3.05, 3.63) is 12.1 Å². The van der Waals surface area contributed by atoms with E-state index in [1.807, 2.05) is 4.90 Å². The Hall–Kier alpha value is -3.10. The third-order valence-electron chi connectivity index (χ3n) is 5.09. The number of imide groups is 1. The van der Waals surface area contributed by atoms with Gasteiger partial charge in [0.2, 0.25) is 17.8 Å². The molecule has 1 aromatic heterocycles. The maximum Gasteiger partial charge on any atom is 0.235 e. The van der Waals surface area contributed by atoms with Crippen LogP contribution in [0.1, 0.15) is 12.8 Å². The van der Waals surface area contributed by atoms with Gasteiger partial charge in [-0.2, -0.15) is 4.98 Å². The highest BCUT2D eigenvalue weighted by Gasteiger charge is 2.51. The zero-order valence-electron chi connectivity index (χ0n) is 14.5. The van der Waals surface area contributed by atoms with Gasteiger partial charge < -0.3 is 20.1 Å². The smallest absolute Gasteiger partial charge is 0.235 e. The average molecular weight is 357 g/mol. The van der Waals surface area contributed by atoms with E-state index in [0.717, 1.165) is 0 Å². The Labute approximate surface area is 149 Å². The molecule has 9 nitrogen and oxygen atoms in total. The van der Waals surface area contributed by atoms with Crippen molar-refractivity contribution in [2.24, 2.45) is 5.41 Å². The fraction of sp³-hybridized carbons (Fsp3) is 0.412. The number of aromatic nitrogens is 2. The van der Waals surface area contributed by atoms with Crippen LogP contribution < -0.4 is 25.4 Å². The van der Waals surface area contributed by atoms with Gasteiger partial charge in [-0.1, -0.05) is 0 Å². The molecule has 26 heavy (non-hydrogen) atoms. The number of benzene rings is 1. The molecule has 0 saturated carbocycles. The Morgan fingerprint density at radius 1 is 1.19 bits per heavy atom. The third kappa shape index (κ3) is 2.39. The predicted octanol–water partition coefficient (Wildman–Crippen LogP) is 0.472. The summed E-state index contributed by atoms with van der Waals surface area (Å²) in [6.07, 6.45) is 0.786. The normalized spacial score (nSPS) is 22.3. The van der Waals surface area contributed by atoms with E-state index in [1.54, 1.807) is 26.4 Å².